The van der Waals surface area contributed by atoms with Gasteiger partial charge in [-0.05, 0) is 25.5 Å². The third-order valence-corrected chi connectivity index (χ3v) is 1.70. The van der Waals surface area contributed by atoms with Crippen molar-refractivity contribution in [1.29, 1.82) is 0 Å². The van der Waals surface area contributed by atoms with E-state index >= 15 is 0 Å². The van der Waals surface area contributed by atoms with Crippen molar-refractivity contribution in [2.75, 3.05) is 6.61 Å². The van der Waals surface area contributed by atoms with Crippen molar-refractivity contribution in [2.24, 2.45) is 0 Å². The Morgan fingerprint density at radius 3 is 2.93 bits per heavy atom. The summed E-state index contributed by atoms with van der Waals surface area (Å²) < 4.78 is 1.52. The molecule has 0 spiro atoms. The standard InChI is InChI=1S/C11H14NO2/c1-4-14-12-7-5-6-10(8-12)11(13)9(2)3/h5-8H,2,4H2,1,3H3/q+1. The molecular weight excluding hydrogens is 178 g/mol. The molecule has 0 aromatic carbocycles. The van der Waals surface area contributed by atoms with Crippen molar-refractivity contribution < 1.29 is 14.4 Å². The van der Waals surface area contributed by atoms with Gasteiger partial charge >= 0.3 is 0 Å². The summed E-state index contributed by atoms with van der Waals surface area (Å²) in [6.07, 6.45) is 3.40. The van der Waals surface area contributed by atoms with E-state index in [4.69, 9.17) is 4.84 Å². The molecule has 0 unspecified atom stereocenters. The van der Waals surface area contributed by atoms with Crippen molar-refractivity contribution in [3.05, 3.63) is 42.2 Å². The van der Waals surface area contributed by atoms with E-state index in [1.807, 2.05) is 6.92 Å². The summed E-state index contributed by atoms with van der Waals surface area (Å²) in [5, 5.41) is 0. The molecule has 14 heavy (non-hydrogen) atoms. The molecule has 1 aromatic heterocycles. The number of nitrogens with zero attached hydrogens (tertiary/aromatic N) is 1. The number of carbonyl (C=O) groups is 1. The van der Waals surface area contributed by atoms with Crippen LogP contribution in [-0.4, -0.2) is 12.4 Å². The van der Waals surface area contributed by atoms with Crippen LogP contribution in [0.15, 0.2) is 36.7 Å². The summed E-state index contributed by atoms with van der Waals surface area (Å²) in [4.78, 5) is 16.7. The second kappa shape index (κ2) is 4.56. The maximum absolute atomic E-state index is 11.5. The van der Waals surface area contributed by atoms with E-state index in [1.165, 1.54) is 4.73 Å². The molecule has 1 heterocycles. The zero-order chi connectivity index (χ0) is 10.6. The molecule has 0 aliphatic heterocycles. The van der Waals surface area contributed by atoms with Crippen LogP contribution in [0.5, 0.6) is 0 Å². The number of hydrogen-bond donors (Lipinski definition) is 0. The highest BCUT2D eigenvalue weighted by Gasteiger charge is 2.11. The topological polar surface area (TPSA) is 30.2 Å². The van der Waals surface area contributed by atoms with Crippen LogP contribution in [0.2, 0.25) is 0 Å². The lowest BCUT2D eigenvalue weighted by Gasteiger charge is -1.98. The van der Waals surface area contributed by atoms with Crippen LogP contribution >= 0.6 is 0 Å². The molecule has 0 saturated heterocycles. The van der Waals surface area contributed by atoms with Crippen LogP contribution in [0.1, 0.15) is 24.2 Å². The van der Waals surface area contributed by atoms with E-state index in [2.05, 4.69) is 6.58 Å². The van der Waals surface area contributed by atoms with Crippen molar-refractivity contribution in [3.8, 4) is 0 Å². The first kappa shape index (κ1) is 10.4. The van der Waals surface area contributed by atoms with Gasteiger partial charge in [-0.1, -0.05) is 6.58 Å². The molecule has 3 heteroatoms. The van der Waals surface area contributed by atoms with Crippen LogP contribution in [0.25, 0.3) is 0 Å². The Balaban J connectivity index is 2.93. The van der Waals surface area contributed by atoms with Gasteiger partial charge in [0.1, 0.15) is 0 Å². The van der Waals surface area contributed by atoms with Crippen LogP contribution in [0.4, 0.5) is 0 Å². The average molecular weight is 192 g/mol. The Labute approximate surface area is 83.6 Å². The van der Waals surface area contributed by atoms with E-state index in [9.17, 15) is 4.79 Å². The lowest BCUT2D eigenvalue weighted by atomic mass is 10.1. The van der Waals surface area contributed by atoms with Gasteiger partial charge in [-0.15, -0.1) is 0 Å². The highest BCUT2D eigenvalue weighted by atomic mass is 16.7. The summed E-state index contributed by atoms with van der Waals surface area (Å²) in [5.74, 6) is -0.0564. The van der Waals surface area contributed by atoms with Crippen LogP contribution in [-0.2, 0) is 0 Å². The quantitative estimate of drug-likeness (QED) is 0.407. The van der Waals surface area contributed by atoms with E-state index < -0.39 is 0 Å². The van der Waals surface area contributed by atoms with E-state index in [0.717, 1.165) is 0 Å². The monoisotopic (exact) mass is 192 g/mol. The molecule has 1 rings (SSSR count). The zero-order valence-electron chi connectivity index (χ0n) is 8.49. The molecule has 0 aliphatic rings. The van der Waals surface area contributed by atoms with Crippen molar-refractivity contribution in [3.63, 3.8) is 0 Å². The minimum Gasteiger partial charge on any atom is -0.289 e. The number of carbonyl (C=O) groups excluding carboxylic acids is 1. The highest BCUT2D eigenvalue weighted by Crippen LogP contribution is 2.02. The number of hydrogen-bond acceptors (Lipinski definition) is 2. The van der Waals surface area contributed by atoms with Crippen LogP contribution in [0, 0.1) is 0 Å². The van der Waals surface area contributed by atoms with Gasteiger partial charge in [0, 0.05) is 10.8 Å². The maximum Gasteiger partial charge on any atom is 0.233 e. The fraction of sp³-hybridized carbons (Fsp3) is 0.273. The molecule has 1 aromatic rings. The lowest BCUT2D eigenvalue weighted by molar-refractivity contribution is -0.891. The molecule has 0 saturated carbocycles. The molecule has 0 bridgehead atoms. The smallest absolute Gasteiger partial charge is 0.233 e. The lowest BCUT2D eigenvalue weighted by Crippen LogP contribution is -2.42. The number of pyridine rings is 1. The van der Waals surface area contributed by atoms with Gasteiger partial charge < -0.3 is 0 Å². The van der Waals surface area contributed by atoms with Gasteiger partial charge in [0.2, 0.25) is 12.4 Å². The number of ketones is 1. The molecule has 0 radical (unpaired) electrons. The van der Waals surface area contributed by atoms with E-state index in [1.54, 1.807) is 31.5 Å². The van der Waals surface area contributed by atoms with E-state index in [0.29, 0.717) is 17.7 Å². The molecule has 74 valence electrons. The second-order valence-electron chi connectivity index (χ2n) is 2.98. The normalized spacial score (nSPS) is 9.57. The minimum absolute atomic E-state index is 0.0564. The molecule has 0 amide bonds. The maximum atomic E-state index is 11.5. The third-order valence-electron chi connectivity index (χ3n) is 1.70. The predicted octanol–water partition coefficient (Wildman–Crippen LogP) is 1.18. The largest absolute Gasteiger partial charge is 0.289 e. The fourth-order valence-corrected chi connectivity index (χ4v) is 1.06. The number of allylic oxidation sites excluding steroid dienone is 1. The van der Waals surface area contributed by atoms with E-state index in [-0.39, 0.29) is 5.78 Å². The summed E-state index contributed by atoms with van der Waals surface area (Å²) in [5.41, 5.74) is 1.12. The molecule has 3 nitrogen and oxygen atoms in total. The van der Waals surface area contributed by atoms with Gasteiger partial charge in [0.15, 0.2) is 12.4 Å². The van der Waals surface area contributed by atoms with Gasteiger partial charge in [0.05, 0.1) is 5.56 Å². The van der Waals surface area contributed by atoms with Crippen LogP contribution < -0.4 is 9.57 Å². The number of rotatable bonds is 4. The summed E-state index contributed by atoms with van der Waals surface area (Å²) in [6, 6.07) is 3.51. The van der Waals surface area contributed by atoms with Crippen molar-refractivity contribution in [1.82, 2.24) is 0 Å². The summed E-state index contributed by atoms with van der Waals surface area (Å²) in [7, 11) is 0. The molecular formula is C11H14NO2+. The van der Waals surface area contributed by atoms with Crippen molar-refractivity contribution in [2.45, 2.75) is 13.8 Å². The molecule has 0 N–H and O–H groups in total. The predicted molar refractivity (Wildman–Crippen MR) is 52.9 cm³/mol. The Kier molecular flexibility index (Phi) is 3.40. The fourth-order valence-electron chi connectivity index (χ4n) is 1.06. The van der Waals surface area contributed by atoms with Gasteiger partial charge in [-0.3, -0.25) is 9.63 Å². The van der Waals surface area contributed by atoms with Crippen LogP contribution in [0.3, 0.4) is 0 Å². The molecule has 0 fully saturated rings. The van der Waals surface area contributed by atoms with Gasteiger partial charge in [-0.25, -0.2) is 0 Å². The zero-order valence-corrected chi connectivity index (χ0v) is 8.49. The first-order valence-corrected chi connectivity index (χ1v) is 4.50. The Morgan fingerprint density at radius 2 is 2.36 bits per heavy atom. The van der Waals surface area contributed by atoms with Gasteiger partial charge in [-0.2, -0.15) is 0 Å². The SMILES string of the molecule is C=C(C)C(=O)c1ccc[n+](OCC)c1. The number of aromatic nitrogens is 1. The first-order valence-electron chi connectivity index (χ1n) is 4.50. The summed E-state index contributed by atoms with van der Waals surface area (Å²) in [6.45, 7) is 7.76. The first-order chi connectivity index (χ1) is 6.65. The Morgan fingerprint density at radius 1 is 1.64 bits per heavy atom. The number of Topliss-reactive ketones (excluding diaryl/α,β-unsaturated/α-hetero) is 1. The highest BCUT2D eigenvalue weighted by molar-refractivity contribution is 6.07. The Bertz CT molecular complexity index is 358. The Hall–Kier alpha value is -1.64. The molecule has 0 atom stereocenters. The van der Waals surface area contributed by atoms with Crippen molar-refractivity contribution >= 4 is 5.78 Å². The third kappa shape index (κ3) is 2.42. The summed E-state index contributed by atoms with van der Waals surface area (Å²) >= 11 is 0. The van der Waals surface area contributed by atoms with Gasteiger partial charge in [0.25, 0.3) is 0 Å². The second-order valence-corrected chi connectivity index (χ2v) is 2.98. The minimum atomic E-state index is -0.0564. The molecule has 0 aliphatic carbocycles. The average Bonchev–Trinajstić information content (AvgIpc) is 2.17.